The highest BCUT2D eigenvalue weighted by atomic mass is 32.2. The first-order valence-corrected chi connectivity index (χ1v) is 8.37. The van der Waals surface area contributed by atoms with Gasteiger partial charge in [-0.2, -0.15) is 4.39 Å². The molecular weight excluding hydrogens is 315 g/mol. The fourth-order valence-corrected chi connectivity index (χ4v) is 4.99. The Morgan fingerprint density at radius 1 is 1.41 bits per heavy atom. The van der Waals surface area contributed by atoms with E-state index >= 15 is 0 Å². The van der Waals surface area contributed by atoms with E-state index < -0.39 is 41.6 Å². The Morgan fingerprint density at radius 2 is 2.05 bits per heavy atom. The summed E-state index contributed by atoms with van der Waals surface area (Å²) in [7, 11) is -3.37. The normalized spacial score (nSPS) is 21.2. The van der Waals surface area contributed by atoms with E-state index in [0.29, 0.717) is 25.7 Å². The molecule has 2 aliphatic rings. The number of nitrogens with zero attached hydrogens (tertiary/aromatic N) is 2. The maximum absolute atomic E-state index is 13.9. The van der Waals surface area contributed by atoms with Crippen molar-refractivity contribution < 1.29 is 22.5 Å². The van der Waals surface area contributed by atoms with Crippen LogP contribution >= 0.6 is 0 Å². The van der Waals surface area contributed by atoms with Crippen LogP contribution in [0.15, 0.2) is 12.3 Å². The van der Waals surface area contributed by atoms with E-state index in [1.165, 1.54) is 0 Å². The fraction of sp³-hybridized carbons (Fsp3) is 0.615. The lowest BCUT2D eigenvalue weighted by atomic mass is 10.4. The summed E-state index contributed by atoms with van der Waals surface area (Å²) in [4.78, 5) is 13.4. The van der Waals surface area contributed by atoms with Crippen LogP contribution in [-0.2, 0) is 9.84 Å². The number of hydrogen-bond donors (Lipinski definition) is 0. The van der Waals surface area contributed by atoms with Gasteiger partial charge in [-0.3, -0.25) is 10.1 Å². The van der Waals surface area contributed by atoms with Crippen LogP contribution < -0.4 is 4.74 Å². The molecule has 9 heteroatoms. The molecule has 0 radical (unpaired) electrons. The topological polar surface area (TPSA) is 99.4 Å². The third-order valence-corrected chi connectivity index (χ3v) is 7.86. The van der Waals surface area contributed by atoms with Crippen molar-refractivity contribution in [2.24, 2.45) is 0 Å². The Balaban J connectivity index is 1.79. The van der Waals surface area contributed by atoms with E-state index in [2.05, 4.69) is 4.98 Å². The molecule has 2 saturated carbocycles. The summed E-state index contributed by atoms with van der Waals surface area (Å²) in [5, 5.41) is 10.7. The van der Waals surface area contributed by atoms with Gasteiger partial charge in [0, 0.05) is 12.3 Å². The summed E-state index contributed by atoms with van der Waals surface area (Å²) < 4.78 is 42.5. The molecule has 0 amide bonds. The van der Waals surface area contributed by atoms with Gasteiger partial charge in [0.25, 0.3) is 11.7 Å². The Labute approximate surface area is 126 Å². The van der Waals surface area contributed by atoms with Crippen molar-refractivity contribution in [1.82, 2.24) is 4.98 Å². The summed E-state index contributed by atoms with van der Waals surface area (Å²) >= 11 is 0. The molecule has 0 aliphatic heterocycles. The van der Waals surface area contributed by atoms with Gasteiger partial charge < -0.3 is 4.74 Å². The molecule has 22 heavy (non-hydrogen) atoms. The lowest BCUT2D eigenvalue weighted by Gasteiger charge is -2.21. The minimum absolute atomic E-state index is 0.226. The molecule has 0 atom stereocenters. The molecule has 3 rings (SSSR count). The summed E-state index contributed by atoms with van der Waals surface area (Å²) in [5.74, 6) is -1.71. The van der Waals surface area contributed by atoms with Gasteiger partial charge in [-0.15, -0.1) is 0 Å². The van der Waals surface area contributed by atoms with Crippen LogP contribution in [0.4, 0.5) is 10.1 Å². The molecule has 1 heterocycles. The van der Waals surface area contributed by atoms with Gasteiger partial charge in [-0.05, 0) is 32.6 Å². The second-order valence-electron chi connectivity index (χ2n) is 6.13. The second kappa shape index (κ2) is 4.61. The fourth-order valence-electron chi connectivity index (χ4n) is 2.45. The van der Waals surface area contributed by atoms with Crippen molar-refractivity contribution in [1.29, 1.82) is 0 Å². The van der Waals surface area contributed by atoms with Crippen LogP contribution in [0.25, 0.3) is 0 Å². The molecule has 0 N–H and O–H groups in total. The van der Waals surface area contributed by atoms with Crippen LogP contribution in [0.2, 0.25) is 0 Å². The second-order valence-corrected chi connectivity index (χ2v) is 8.99. The third kappa shape index (κ3) is 2.15. The Hall–Kier alpha value is -1.77. The first-order chi connectivity index (χ1) is 10.2. The molecule has 0 aromatic carbocycles. The van der Waals surface area contributed by atoms with Gasteiger partial charge >= 0.3 is 5.69 Å². The van der Waals surface area contributed by atoms with Crippen molar-refractivity contribution in [2.75, 3.05) is 6.61 Å². The Kier molecular flexibility index (Phi) is 3.17. The number of aromatic nitrogens is 1. The third-order valence-electron chi connectivity index (χ3n) is 4.49. The van der Waals surface area contributed by atoms with Crippen LogP contribution in [0, 0.1) is 15.9 Å². The number of halogens is 1. The number of hydrogen-bond acceptors (Lipinski definition) is 6. The molecule has 1 aromatic rings. The van der Waals surface area contributed by atoms with Crippen LogP contribution in [0.5, 0.6) is 5.88 Å². The number of sulfone groups is 1. The Bertz CT molecular complexity index is 741. The highest BCUT2D eigenvalue weighted by Crippen LogP contribution is 2.56. The highest BCUT2D eigenvalue weighted by Gasteiger charge is 2.65. The van der Waals surface area contributed by atoms with Crippen molar-refractivity contribution >= 4 is 15.5 Å². The Morgan fingerprint density at radius 3 is 2.55 bits per heavy atom. The first-order valence-electron chi connectivity index (χ1n) is 6.88. The minimum Gasteiger partial charge on any atom is -0.474 e. The molecule has 2 fully saturated rings. The zero-order valence-corrected chi connectivity index (χ0v) is 12.7. The van der Waals surface area contributed by atoms with Crippen molar-refractivity contribution in [3.8, 4) is 5.88 Å². The van der Waals surface area contributed by atoms with Gasteiger partial charge in [-0.25, -0.2) is 13.4 Å². The van der Waals surface area contributed by atoms with E-state index in [0.717, 1.165) is 12.3 Å². The van der Waals surface area contributed by atoms with Crippen molar-refractivity contribution in [2.45, 2.75) is 42.1 Å². The van der Waals surface area contributed by atoms with E-state index in [1.807, 2.05) is 0 Å². The van der Waals surface area contributed by atoms with E-state index in [4.69, 9.17) is 4.74 Å². The summed E-state index contributed by atoms with van der Waals surface area (Å²) in [5.41, 5.74) is -0.744. The van der Waals surface area contributed by atoms with Crippen molar-refractivity contribution in [3.05, 3.63) is 28.2 Å². The van der Waals surface area contributed by atoms with E-state index in [-0.39, 0.29) is 6.61 Å². The molecule has 7 nitrogen and oxygen atoms in total. The van der Waals surface area contributed by atoms with E-state index in [9.17, 15) is 22.9 Å². The minimum atomic E-state index is -3.37. The van der Waals surface area contributed by atoms with Crippen molar-refractivity contribution in [3.63, 3.8) is 0 Å². The molecule has 120 valence electrons. The zero-order chi connectivity index (χ0) is 16.2. The molecule has 2 aliphatic carbocycles. The monoisotopic (exact) mass is 330 g/mol. The lowest BCUT2D eigenvalue weighted by Crippen LogP contribution is -2.38. The molecule has 0 unspecified atom stereocenters. The van der Waals surface area contributed by atoms with Gasteiger partial charge in [0.2, 0.25) is 0 Å². The van der Waals surface area contributed by atoms with Crippen LogP contribution in [0.1, 0.15) is 32.6 Å². The maximum atomic E-state index is 13.9. The summed E-state index contributed by atoms with van der Waals surface area (Å²) in [6.07, 6.45) is 3.23. The largest absolute Gasteiger partial charge is 0.474 e. The molecule has 0 saturated heterocycles. The van der Waals surface area contributed by atoms with Gasteiger partial charge in [0.15, 0.2) is 9.84 Å². The SMILES string of the molecule is CC1(S(=O)(=O)C2(COc3nccc([N+](=O)[O-])c3F)CC2)CC1. The molecule has 0 spiro atoms. The number of nitro groups is 1. The smallest absolute Gasteiger partial charge is 0.312 e. The predicted octanol–water partition coefficient (Wildman–Crippen LogP) is 2.01. The number of ether oxygens (including phenoxy) is 1. The number of pyridine rings is 1. The number of rotatable bonds is 6. The lowest BCUT2D eigenvalue weighted by molar-refractivity contribution is -0.387. The van der Waals surface area contributed by atoms with Crippen LogP contribution in [0.3, 0.4) is 0 Å². The standard InChI is InChI=1S/C13H15FN2O5S/c1-12(3-4-12)22(19,20)13(5-6-13)8-21-11-10(14)9(16(17)18)2-7-15-11/h2,7H,3-6,8H2,1H3. The summed E-state index contributed by atoms with van der Waals surface area (Å²) in [6.45, 7) is 1.48. The maximum Gasteiger partial charge on any atom is 0.312 e. The van der Waals surface area contributed by atoms with E-state index in [1.54, 1.807) is 6.92 Å². The quantitative estimate of drug-likeness (QED) is 0.584. The van der Waals surface area contributed by atoms with Crippen LogP contribution in [-0.4, -0.2) is 34.4 Å². The highest BCUT2D eigenvalue weighted by molar-refractivity contribution is 7.94. The van der Waals surface area contributed by atoms with Gasteiger partial charge in [0.1, 0.15) is 11.4 Å². The molecule has 0 bridgehead atoms. The average Bonchev–Trinajstić information content (AvgIpc) is 3.34. The zero-order valence-electron chi connectivity index (χ0n) is 11.9. The molecular formula is C13H15FN2O5S. The predicted molar refractivity (Wildman–Crippen MR) is 74.9 cm³/mol. The molecule has 1 aromatic heterocycles. The van der Waals surface area contributed by atoms with Gasteiger partial charge in [-0.1, -0.05) is 0 Å². The first kappa shape index (κ1) is 15.1. The summed E-state index contributed by atoms with van der Waals surface area (Å²) in [6, 6.07) is 0.928. The average molecular weight is 330 g/mol. The van der Waals surface area contributed by atoms with Gasteiger partial charge in [0.05, 0.1) is 9.67 Å².